The van der Waals surface area contributed by atoms with E-state index in [0.29, 0.717) is 19.4 Å². The second-order valence-electron chi connectivity index (χ2n) is 6.21. The Morgan fingerprint density at radius 3 is 2.27 bits per heavy atom. The van der Waals surface area contributed by atoms with Crippen molar-refractivity contribution in [2.24, 2.45) is 5.92 Å². The van der Waals surface area contributed by atoms with Gasteiger partial charge in [-0.1, -0.05) is 0 Å². The predicted molar refractivity (Wildman–Crippen MR) is 95.4 cm³/mol. The molecule has 0 saturated carbocycles. The van der Waals surface area contributed by atoms with Crippen molar-refractivity contribution >= 4 is 26.0 Å². The first-order chi connectivity index (χ1) is 12.1. The van der Waals surface area contributed by atoms with Gasteiger partial charge >= 0.3 is 5.97 Å². The molecule has 146 valence electrons. The van der Waals surface area contributed by atoms with Crippen molar-refractivity contribution in [3.8, 4) is 0 Å². The average molecular weight is 405 g/mol. The van der Waals surface area contributed by atoms with Gasteiger partial charge in [0.05, 0.1) is 22.3 Å². The van der Waals surface area contributed by atoms with Crippen LogP contribution in [0.15, 0.2) is 34.1 Å². The van der Waals surface area contributed by atoms with Gasteiger partial charge in [-0.2, -0.15) is 4.31 Å². The van der Waals surface area contributed by atoms with Crippen LogP contribution < -0.4 is 0 Å². The number of hydrogen-bond acceptors (Lipinski definition) is 6. The van der Waals surface area contributed by atoms with Gasteiger partial charge in [-0.25, -0.2) is 21.1 Å². The zero-order chi connectivity index (χ0) is 19.5. The van der Waals surface area contributed by atoms with Crippen molar-refractivity contribution in [2.75, 3.05) is 33.8 Å². The fraction of sp³-hybridized carbons (Fsp3) is 0.562. The highest BCUT2D eigenvalue weighted by atomic mass is 32.2. The quantitative estimate of drug-likeness (QED) is 0.653. The predicted octanol–water partition coefficient (Wildman–Crippen LogP) is 0.901. The third-order valence-corrected chi connectivity index (χ3v) is 7.95. The van der Waals surface area contributed by atoms with E-state index < -0.39 is 26.0 Å². The van der Waals surface area contributed by atoms with E-state index in [4.69, 9.17) is 4.74 Å². The first kappa shape index (κ1) is 20.8. The lowest BCUT2D eigenvalue weighted by Crippen LogP contribution is -2.42. The average Bonchev–Trinajstić information content (AvgIpc) is 2.62. The SMILES string of the molecule is CCOC(=O)C1CCCN(S(=O)(=O)c2ccc(S(=O)(=O)N(C)C)cc2)C1. The van der Waals surface area contributed by atoms with Crippen molar-refractivity contribution in [3.63, 3.8) is 0 Å². The van der Waals surface area contributed by atoms with Gasteiger partial charge in [-0.05, 0) is 44.0 Å². The molecule has 1 unspecified atom stereocenters. The number of rotatable bonds is 6. The number of carbonyl (C=O) groups is 1. The third kappa shape index (κ3) is 4.25. The molecule has 0 aliphatic carbocycles. The highest BCUT2D eigenvalue weighted by Crippen LogP contribution is 2.25. The number of hydrogen-bond donors (Lipinski definition) is 0. The summed E-state index contributed by atoms with van der Waals surface area (Å²) in [7, 11) is -4.62. The Morgan fingerprint density at radius 1 is 1.15 bits per heavy atom. The van der Waals surface area contributed by atoms with Crippen LogP contribution in [0.4, 0.5) is 0 Å². The number of ether oxygens (including phenoxy) is 1. The Morgan fingerprint density at radius 2 is 1.73 bits per heavy atom. The van der Waals surface area contributed by atoms with Gasteiger partial charge in [-0.15, -0.1) is 0 Å². The first-order valence-electron chi connectivity index (χ1n) is 8.30. The Hall–Kier alpha value is -1.49. The molecule has 0 N–H and O–H groups in total. The van der Waals surface area contributed by atoms with Crippen LogP contribution in [0.5, 0.6) is 0 Å². The second-order valence-corrected chi connectivity index (χ2v) is 10.3. The van der Waals surface area contributed by atoms with Gasteiger partial charge < -0.3 is 4.74 Å². The number of esters is 1. The van der Waals surface area contributed by atoms with E-state index in [1.807, 2.05) is 0 Å². The van der Waals surface area contributed by atoms with Crippen molar-refractivity contribution < 1.29 is 26.4 Å². The molecule has 1 atom stereocenters. The van der Waals surface area contributed by atoms with Crippen LogP contribution in [-0.4, -0.2) is 65.2 Å². The first-order valence-corrected chi connectivity index (χ1v) is 11.2. The molecule has 1 aromatic carbocycles. The zero-order valence-corrected chi connectivity index (χ0v) is 16.7. The molecule has 1 fully saturated rings. The molecule has 0 amide bonds. The summed E-state index contributed by atoms with van der Waals surface area (Å²) in [6.45, 7) is 2.34. The Balaban J connectivity index is 2.23. The molecule has 1 aromatic rings. The van der Waals surface area contributed by atoms with Gasteiger partial charge in [0.1, 0.15) is 0 Å². The van der Waals surface area contributed by atoms with Crippen molar-refractivity contribution in [3.05, 3.63) is 24.3 Å². The van der Waals surface area contributed by atoms with Crippen LogP contribution >= 0.6 is 0 Å². The molecular formula is C16H24N2O6S2. The standard InChI is InChI=1S/C16H24N2O6S2/c1-4-24-16(19)13-6-5-11-18(12-13)26(22,23)15-9-7-14(8-10-15)25(20,21)17(2)3/h7-10,13H,4-6,11-12H2,1-3H3. The van der Waals surface area contributed by atoms with E-state index in [0.717, 1.165) is 4.31 Å². The van der Waals surface area contributed by atoms with Crippen molar-refractivity contribution in [2.45, 2.75) is 29.6 Å². The summed E-state index contributed by atoms with van der Waals surface area (Å²) >= 11 is 0. The number of carbonyl (C=O) groups excluding carboxylic acids is 1. The molecule has 1 saturated heterocycles. The van der Waals surface area contributed by atoms with E-state index >= 15 is 0 Å². The maximum atomic E-state index is 12.8. The van der Waals surface area contributed by atoms with E-state index in [1.54, 1.807) is 6.92 Å². The minimum atomic E-state index is -3.81. The summed E-state index contributed by atoms with van der Waals surface area (Å²) in [4.78, 5) is 11.9. The van der Waals surface area contributed by atoms with Crippen LogP contribution in [0.1, 0.15) is 19.8 Å². The van der Waals surface area contributed by atoms with E-state index in [-0.39, 0.29) is 28.9 Å². The van der Waals surface area contributed by atoms with Gasteiger partial charge in [0.2, 0.25) is 20.0 Å². The van der Waals surface area contributed by atoms with Crippen molar-refractivity contribution in [1.82, 2.24) is 8.61 Å². The molecule has 8 nitrogen and oxygen atoms in total. The summed E-state index contributed by atoms with van der Waals surface area (Å²) in [5.41, 5.74) is 0. The lowest BCUT2D eigenvalue weighted by Gasteiger charge is -2.30. The molecule has 1 aliphatic heterocycles. The minimum Gasteiger partial charge on any atom is -0.466 e. The van der Waals surface area contributed by atoms with Crippen LogP contribution in [0.2, 0.25) is 0 Å². The van der Waals surface area contributed by atoms with Crippen molar-refractivity contribution in [1.29, 1.82) is 0 Å². The van der Waals surface area contributed by atoms with Crippen LogP contribution in [0, 0.1) is 5.92 Å². The summed E-state index contributed by atoms with van der Waals surface area (Å²) in [6, 6.07) is 5.10. The number of piperidine rings is 1. The molecule has 1 aliphatic rings. The van der Waals surface area contributed by atoms with Crippen LogP contribution in [0.25, 0.3) is 0 Å². The Labute approximate surface area is 154 Å². The molecule has 2 rings (SSSR count). The maximum Gasteiger partial charge on any atom is 0.310 e. The normalized spacial score (nSPS) is 19.5. The zero-order valence-electron chi connectivity index (χ0n) is 15.1. The van der Waals surface area contributed by atoms with Gasteiger partial charge in [0, 0.05) is 27.2 Å². The number of benzene rings is 1. The Bertz CT molecular complexity index is 847. The monoisotopic (exact) mass is 404 g/mol. The van der Waals surface area contributed by atoms with Gasteiger partial charge in [0.25, 0.3) is 0 Å². The molecule has 10 heteroatoms. The van der Waals surface area contributed by atoms with Crippen LogP contribution in [0.3, 0.4) is 0 Å². The van der Waals surface area contributed by atoms with E-state index in [9.17, 15) is 21.6 Å². The van der Waals surface area contributed by atoms with Gasteiger partial charge in [-0.3, -0.25) is 4.79 Å². The third-order valence-electron chi connectivity index (χ3n) is 4.24. The van der Waals surface area contributed by atoms with Gasteiger partial charge in [0.15, 0.2) is 0 Å². The summed E-state index contributed by atoms with van der Waals surface area (Å²) in [5, 5.41) is 0. The fourth-order valence-corrected chi connectivity index (χ4v) is 5.18. The topological polar surface area (TPSA) is 101 Å². The maximum absolute atomic E-state index is 12.8. The van der Waals surface area contributed by atoms with Crippen LogP contribution in [-0.2, 0) is 29.6 Å². The highest BCUT2D eigenvalue weighted by molar-refractivity contribution is 7.89. The molecule has 26 heavy (non-hydrogen) atoms. The molecule has 0 bridgehead atoms. The molecule has 1 heterocycles. The smallest absolute Gasteiger partial charge is 0.310 e. The van der Waals surface area contributed by atoms with E-state index in [2.05, 4.69) is 0 Å². The molecule has 0 radical (unpaired) electrons. The molecule has 0 aromatic heterocycles. The van der Waals surface area contributed by atoms with E-state index in [1.165, 1.54) is 42.7 Å². The lowest BCUT2D eigenvalue weighted by atomic mass is 10.0. The minimum absolute atomic E-state index is 0.000264. The Kier molecular flexibility index (Phi) is 6.43. The number of nitrogens with zero attached hydrogens (tertiary/aromatic N) is 2. The summed E-state index contributed by atoms with van der Waals surface area (Å²) in [6.07, 6.45) is 1.15. The second kappa shape index (κ2) is 8.03. The summed E-state index contributed by atoms with van der Waals surface area (Å²) < 4.78 is 57.1. The number of sulfonamides is 2. The highest BCUT2D eigenvalue weighted by Gasteiger charge is 2.34. The summed E-state index contributed by atoms with van der Waals surface area (Å²) in [5.74, 6) is -0.869. The lowest BCUT2D eigenvalue weighted by molar-refractivity contribution is -0.149. The fourth-order valence-electron chi connectivity index (χ4n) is 2.76. The molecular weight excluding hydrogens is 380 g/mol. The largest absolute Gasteiger partial charge is 0.466 e. The molecule has 0 spiro atoms.